The molecule has 0 bridgehead atoms. The molecule has 5 heteroatoms. The van der Waals surface area contributed by atoms with Gasteiger partial charge < -0.3 is 19.3 Å². The van der Waals surface area contributed by atoms with Crippen LogP contribution in [-0.2, 0) is 14.3 Å². The SMILES string of the molecule is O=C(O)CCOCCOCCOc1ccccc1. The molecule has 0 radical (unpaired) electrons. The molecule has 0 aliphatic carbocycles. The second kappa shape index (κ2) is 9.44. The number of ether oxygens (including phenoxy) is 3. The fraction of sp³-hybridized carbons (Fsp3) is 0.462. The Labute approximate surface area is 106 Å². The highest BCUT2D eigenvalue weighted by molar-refractivity contribution is 5.66. The summed E-state index contributed by atoms with van der Waals surface area (Å²) in [7, 11) is 0. The van der Waals surface area contributed by atoms with Crippen LogP contribution in [0.2, 0.25) is 0 Å². The van der Waals surface area contributed by atoms with Crippen molar-refractivity contribution >= 4 is 5.97 Å². The van der Waals surface area contributed by atoms with Crippen molar-refractivity contribution in [2.75, 3.05) is 33.0 Å². The first-order chi connectivity index (χ1) is 8.79. The number of aliphatic carboxylic acids is 1. The second-order valence-electron chi connectivity index (χ2n) is 3.53. The summed E-state index contributed by atoms with van der Waals surface area (Å²) in [5.41, 5.74) is 0. The van der Waals surface area contributed by atoms with E-state index in [1.807, 2.05) is 30.3 Å². The van der Waals surface area contributed by atoms with Crippen molar-refractivity contribution in [1.82, 2.24) is 0 Å². The lowest BCUT2D eigenvalue weighted by Crippen LogP contribution is -2.12. The van der Waals surface area contributed by atoms with Crippen LogP contribution in [0, 0.1) is 0 Å². The smallest absolute Gasteiger partial charge is 0.305 e. The average molecular weight is 254 g/mol. The number of rotatable bonds is 10. The molecule has 0 saturated heterocycles. The monoisotopic (exact) mass is 254 g/mol. The molecule has 0 spiro atoms. The zero-order valence-corrected chi connectivity index (χ0v) is 10.2. The van der Waals surface area contributed by atoms with E-state index in [4.69, 9.17) is 19.3 Å². The molecule has 1 aromatic rings. The van der Waals surface area contributed by atoms with Gasteiger partial charge >= 0.3 is 5.97 Å². The zero-order chi connectivity index (χ0) is 13.1. The molecule has 1 aromatic carbocycles. The van der Waals surface area contributed by atoms with Crippen molar-refractivity contribution in [2.24, 2.45) is 0 Å². The molecule has 18 heavy (non-hydrogen) atoms. The van der Waals surface area contributed by atoms with Crippen LogP contribution in [0.25, 0.3) is 0 Å². The lowest BCUT2D eigenvalue weighted by Gasteiger charge is -2.07. The summed E-state index contributed by atoms with van der Waals surface area (Å²) in [5.74, 6) is -0.0361. The maximum Gasteiger partial charge on any atom is 0.305 e. The summed E-state index contributed by atoms with van der Waals surface area (Å²) in [4.78, 5) is 10.2. The third-order valence-electron chi connectivity index (χ3n) is 2.07. The molecule has 0 saturated carbocycles. The van der Waals surface area contributed by atoms with Gasteiger partial charge in [0.25, 0.3) is 0 Å². The van der Waals surface area contributed by atoms with Gasteiger partial charge in [0.05, 0.1) is 32.8 Å². The Bertz CT molecular complexity index is 325. The molecule has 0 unspecified atom stereocenters. The topological polar surface area (TPSA) is 65.0 Å². The minimum atomic E-state index is -0.854. The lowest BCUT2D eigenvalue weighted by atomic mass is 10.3. The van der Waals surface area contributed by atoms with Gasteiger partial charge in [-0.2, -0.15) is 0 Å². The summed E-state index contributed by atoms with van der Waals surface area (Å²) < 4.78 is 15.7. The molecule has 5 nitrogen and oxygen atoms in total. The highest BCUT2D eigenvalue weighted by Gasteiger charge is 1.96. The Balaban J connectivity index is 1.86. The van der Waals surface area contributed by atoms with Crippen LogP contribution >= 0.6 is 0 Å². The van der Waals surface area contributed by atoms with Gasteiger partial charge in [0.2, 0.25) is 0 Å². The fourth-order valence-electron chi connectivity index (χ4n) is 1.22. The molecule has 0 aromatic heterocycles. The molecule has 0 amide bonds. The molecule has 0 heterocycles. The van der Waals surface area contributed by atoms with Gasteiger partial charge in [0.1, 0.15) is 12.4 Å². The Hall–Kier alpha value is -1.59. The van der Waals surface area contributed by atoms with E-state index in [9.17, 15) is 4.79 Å². The van der Waals surface area contributed by atoms with E-state index in [1.54, 1.807) is 0 Å². The van der Waals surface area contributed by atoms with Crippen molar-refractivity contribution in [2.45, 2.75) is 6.42 Å². The summed E-state index contributed by atoms with van der Waals surface area (Å²) in [6.07, 6.45) is 0.0249. The molecular weight excluding hydrogens is 236 g/mol. The van der Waals surface area contributed by atoms with Crippen LogP contribution in [0.5, 0.6) is 5.75 Å². The maximum atomic E-state index is 10.2. The molecule has 0 aliphatic rings. The molecule has 0 fully saturated rings. The zero-order valence-electron chi connectivity index (χ0n) is 10.2. The van der Waals surface area contributed by atoms with Crippen molar-refractivity contribution in [3.63, 3.8) is 0 Å². The highest BCUT2D eigenvalue weighted by atomic mass is 16.5. The number of hydrogen-bond donors (Lipinski definition) is 1. The summed E-state index contributed by atoms with van der Waals surface area (Å²) in [5, 5.41) is 8.37. The molecule has 100 valence electrons. The number of hydrogen-bond acceptors (Lipinski definition) is 4. The molecule has 1 N–H and O–H groups in total. The quantitative estimate of drug-likeness (QED) is 0.642. The standard InChI is InChI=1S/C13H18O5/c14-13(15)6-7-16-8-9-17-10-11-18-12-4-2-1-3-5-12/h1-5H,6-11H2,(H,14,15). The predicted molar refractivity (Wildman–Crippen MR) is 65.8 cm³/mol. The van der Waals surface area contributed by atoms with Gasteiger partial charge in [-0.25, -0.2) is 0 Å². The number of carbonyl (C=O) groups is 1. The number of carboxylic acids is 1. The van der Waals surface area contributed by atoms with E-state index in [-0.39, 0.29) is 13.0 Å². The maximum absolute atomic E-state index is 10.2. The first-order valence-electron chi connectivity index (χ1n) is 5.84. The van der Waals surface area contributed by atoms with E-state index < -0.39 is 5.97 Å². The average Bonchev–Trinajstić information content (AvgIpc) is 2.37. The van der Waals surface area contributed by atoms with Crippen LogP contribution in [0.3, 0.4) is 0 Å². The molecular formula is C13H18O5. The van der Waals surface area contributed by atoms with Crippen LogP contribution < -0.4 is 4.74 Å². The third kappa shape index (κ3) is 7.65. The van der Waals surface area contributed by atoms with E-state index in [0.717, 1.165) is 5.75 Å². The molecule has 0 aliphatic heterocycles. The van der Waals surface area contributed by atoms with Gasteiger partial charge in [-0.15, -0.1) is 0 Å². The minimum Gasteiger partial charge on any atom is -0.491 e. The molecule has 1 rings (SSSR count). The third-order valence-corrected chi connectivity index (χ3v) is 2.07. The van der Waals surface area contributed by atoms with Crippen molar-refractivity contribution in [3.05, 3.63) is 30.3 Å². The number of carboxylic acid groups (broad SMARTS) is 1. The highest BCUT2D eigenvalue weighted by Crippen LogP contribution is 2.07. The Morgan fingerprint density at radius 3 is 2.22 bits per heavy atom. The van der Waals surface area contributed by atoms with Crippen molar-refractivity contribution in [1.29, 1.82) is 0 Å². The van der Waals surface area contributed by atoms with E-state index in [1.165, 1.54) is 0 Å². The minimum absolute atomic E-state index is 0.0249. The summed E-state index contributed by atoms with van der Waals surface area (Å²) in [6, 6.07) is 9.51. The molecule has 0 atom stereocenters. The van der Waals surface area contributed by atoms with Gasteiger partial charge in [0, 0.05) is 0 Å². The van der Waals surface area contributed by atoms with Crippen molar-refractivity contribution < 1.29 is 24.1 Å². The van der Waals surface area contributed by atoms with Gasteiger partial charge in [0.15, 0.2) is 0 Å². The number of benzene rings is 1. The number of para-hydroxylation sites is 1. The summed E-state index contributed by atoms with van der Waals surface area (Å²) >= 11 is 0. The Morgan fingerprint density at radius 1 is 0.944 bits per heavy atom. The van der Waals surface area contributed by atoms with Crippen LogP contribution in [-0.4, -0.2) is 44.1 Å². The van der Waals surface area contributed by atoms with Crippen molar-refractivity contribution in [3.8, 4) is 5.75 Å². The first-order valence-corrected chi connectivity index (χ1v) is 5.84. The second-order valence-corrected chi connectivity index (χ2v) is 3.53. The van der Waals surface area contributed by atoms with Crippen LogP contribution in [0.15, 0.2) is 30.3 Å². The lowest BCUT2D eigenvalue weighted by molar-refractivity contribution is -0.138. The predicted octanol–water partition coefficient (Wildman–Crippen LogP) is 1.57. The van der Waals surface area contributed by atoms with Gasteiger partial charge in [-0.3, -0.25) is 4.79 Å². The van der Waals surface area contributed by atoms with E-state index >= 15 is 0 Å². The van der Waals surface area contributed by atoms with E-state index in [0.29, 0.717) is 26.4 Å². The largest absolute Gasteiger partial charge is 0.491 e. The fourth-order valence-corrected chi connectivity index (χ4v) is 1.22. The summed E-state index contributed by atoms with van der Waals surface area (Å²) in [6.45, 7) is 2.03. The van der Waals surface area contributed by atoms with E-state index in [2.05, 4.69) is 0 Å². The normalized spacial score (nSPS) is 10.2. The Kier molecular flexibility index (Phi) is 7.59. The van der Waals surface area contributed by atoms with Crippen LogP contribution in [0.1, 0.15) is 6.42 Å². The van der Waals surface area contributed by atoms with Gasteiger partial charge in [-0.1, -0.05) is 18.2 Å². The van der Waals surface area contributed by atoms with Crippen LogP contribution in [0.4, 0.5) is 0 Å². The van der Waals surface area contributed by atoms with Gasteiger partial charge in [-0.05, 0) is 12.1 Å². The first kappa shape index (κ1) is 14.5. The Morgan fingerprint density at radius 2 is 1.56 bits per heavy atom.